The Hall–Kier alpha value is -1.48. The van der Waals surface area contributed by atoms with Crippen LogP contribution in [0.4, 0.5) is 0 Å². The Morgan fingerprint density at radius 1 is 1.46 bits per heavy atom. The molecule has 0 amide bonds. The van der Waals surface area contributed by atoms with E-state index in [1.165, 1.54) is 0 Å². The summed E-state index contributed by atoms with van der Waals surface area (Å²) >= 11 is 0. The lowest BCUT2D eigenvalue weighted by Gasteiger charge is -1.99. The van der Waals surface area contributed by atoms with Crippen LogP contribution in [0.2, 0.25) is 0 Å². The second kappa shape index (κ2) is 5.22. The number of hydrogen-bond donors (Lipinski definition) is 1. The number of carbonyl (C=O) groups excluding carboxylic acids is 1. The molecule has 0 aliphatic rings. The van der Waals surface area contributed by atoms with Crippen LogP contribution in [0.25, 0.3) is 5.53 Å². The van der Waals surface area contributed by atoms with Gasteiger partial charge in [-0.1, -0.05) is 13.8 Å². The fourth-order valence-electron chi connectivity index (χ4n) is 0.756. The van der Waals surface area contributed by atoms with E-state index in [1.807, 2.05) is 13.8 Å². The second-order valence-corrected chi connectivity index (χ2v) is 3.11. The van der Waals surface area contributed by atoms with Crippen LogP contribution in [0, 0.1) is 5.92 Å². The molecule has 0 saturated carbocycles. The summed E-state index contributed by atoms with van der Waals surface area (Å²) in [6.45, 7) is 3.84. The van der Waals surface area contributed by atoms with Crippen LogP contribution in [0.3, 0.4) is 0 Å². The van der Waals surface area contributed by atoms with Crippen LogP contribution in [0.15, 0.2) is 0 Å². The molecule has 1 N–H and O–H groups in total. The summed E-state index contributed by atoms with van der Waals surface area (Å²) in [5.41, 5.74) is 7.43. The second-order valence-electron chi connectivity index (χ2n) is 3.11. The Kier molecular flexibility index (Phi) is 4.62. The topological polar surface area (TPSA) is 90.8 Å². The Morgan fingerprint density at radius 3 is 2.31 bits per heavy atom. The van der Waals surface area contributed by atoms with Crippen molar-refractivity contribution in [1.82, 2.24) is 0 Å². The normalized spacial score (nSPS) is 9.46. The third-order valence-corrected chi connectivity index (χ3v) is 1.52. The van der Waals surface area contributed by atoms with Gasteiger partial charge in [-0.3, -0.25) is 4.79 Å². The highest BCUT2D eigenvalue weighted by atomic mass is 16.4. The van der Waals surface area contributed by atoms with Gasteiger partial charge in [-0.2, -0.15) is 4.79 Å². The molecule has 0 heterocycles. The minimum atomic E-state index is -1.49. The van der Waals surface area contributed by atoms with Crippen molar-refractivity contribution in [3.63, 3.8) is 0 Å². The zero-order valence-corrected chi connectivity index (χ0v) is 7.65. The third kappa shape index (κ3) is 4.18. The lowest BCUT2D eigenvalue weighted by Crippen LogP contribution is -2.24. The summed E-state index contributed by atoms with van der Waals surface area (Å²) in [6.07, 6.45) is 0.689. The highest BCUT2D eigenvalue weighted by Crippen LogP contribution is 2.04. The maximum Gasteiger partial charge on any atom is 0.441 e. The number of carboxylic acid groups (broad SMARTS) is 1. The van der Waals surface area contributed by atoms with E-state index in [9.17, 15) is 9.59 Å². The first kappa shape index (κ1) is 11.5. The van der Waals surface area contributed by atoms with E-state index in [1.54, 1.807) is 0 Å². The lowest BCUT2D eigenvalue weighted by atomic mass is 10.0. The molecule has 0 aromatic rings. The maximum absolute atomic E-state index is 11.0. The molecule has 0 aromatic carbocycles. The molecule has 5 heteroatoms. The van der Waals surface area contributed by atoms with Gasteiger partial charge in [-0.05, 0) is 12.3 Å². The lowest BCUT2D eigenvalue weighted by molar-refractivity contribution is -0.136. The summed E-state index contributed by atoms with van der Waals surface area (Å²) in [5.74, 6) is -1.81. The molecular formula is C8H12N2O3. The molecule has 0 atom stereocenters. The van der Waals surface area contributed by atoms with E-state index in [4.69, 9.17) is 10.6 Å². The van der Waals surface area contributed by atoms with Crippen molar-refractivity contribution >= 4 is 17.5 Å². The molecule has 0 spiro atoms. The zero-order chi connectivity index (χ0) is 10.4. The van der Waals surface area contributed by atoms with Crippen LogP contribution in [0.1, 0.15) is 26.7 Å². The van der Waals surface area contributed by atoms with Gasteiger partial charge in [0, 0.05) is 6.42 Å². The van der Waals surface area contributed by atoms with Gasteiger partial charge in [-0.15, -0.1) is 0 Å². The summed E-state index contributed by atoms with van der Waals surface area (Å²) in [4.78, 5) is 23.8. The van der Waals surface area contributed by atoms with Crippen molar-refractivity contribution in [3.8, 4) is 0 Å². The summed E-state index contributed by atoms with van der Waals surface area (Å²) in [6, 6.07) is 0. The number of rotatable bonds is 5. The van der Waals surface area contributed by atoms with Crippen molar-refractivity contribution in [3.05, 3.63) is 5.53 Å². The Morgan fingerprint density at radius 2 is 2.00 bits per heavy atom. The number of ketones is 1. The van der Waals surface area contributed by atoms with Crippen molar-refractivity contribution in [2.24, 2.45) is 5.92 Å². The van der Waals surface area contributed by atoms with Gasteiger partial charge >= 0.3 is 11.7 Å². The Labute approximate surface area is 76.0 Å². The highest BCUT2D eigenvalue weighted by Gasteiger charge is 2.27. The van der Waals surface area contributed by atoms with Gasteiger partial charge in [0.1, 0.15) is 0 Å². The van der Waals surface area contributed by atoms with Gasteiger partial charge in [-0.25, -0.2) is 4.79 Å². The minimum absolute atomic E-state index is 0.101. The van der Waals surface area contributed by atoms with E-state index < -0.39 is 17.5 Å². The summed E-state index contributed by atoms with van der Waals surface area (Å²) in [7, 11) is 0. The van der Waals surface area contributed by atoms with Crippen LogP contribution in [0.5, 0.6) is 0 Å². The molecule has 0 rings (SSSR count). The molecule has 72 valence electrons. The predicted octanol–water partition coefficient (Wildman–Crippen LogP) is 0.747. The first-order valence-electron chi connectivity index (χ1n) is 3.97. The molecule has 0 aliphatic heterocycles. The fourth-order valence-corrected chi connectivity index (χ4v) is 0.756. The molecule has 0 fully saturated rings. The van der Waals surface area contributed by atoms with Crippen LogP contribution < -0.4 is 0 Å². The highest BCUT2D eigenvalue weighted by molar-refractivity contribution is 6.61. The molecule has 0 unspecified atom stereocenters. The van der Waals surface area contributed by atoms with Crippen molar-refractivity contribution in [1.29, 1.82) is 0 Å². The molecule has 0 aliphatic carbocycles. The summed E-state index contributed by atoms with van der Waals surface area (Å²) in [5, 5.41) is 8.40. The van der Waals surface area contributed by atoms with E-state index in [-0.39, 0.29) is 6.42 Å². The van der Waals surface area contributed by atoms with E-state index in [2.05, 4.69) is 4.79 Å². The standard InChI is InChI=1S/C8H12N2O3/c1-5(2)3-4-6(11)7(10-9)8(12)13/h5H,3-4H2,1-2H3,(H,12,13). The molecule has 13 heavy (non-hydrogen) atoms. The quantitative estimate of drug-likeness (QED) is 0.296. The molecule has 0 bridgehead atoms. The number of carboxylic acids is 1. The Bertz CT molecular complexity index is 265. The predicted molar refractivity (Wildman–Crippen MR) is 45.3 cm³/mol. The monoisotopic (exact) mass is 184 g/mol. The Balaban J connectivity index is 4.26. The number of carbonyl (C=O) groups is 2. The van der Waals surface area contributed by atoms with Gasteiger partial charge < -0.3 is 10.6 Å². The zero-order valence-electron chi connectivity index (χ0n) is 7.65. The first-order valence-corrected chi connectivity index (χ1v) is 3.97. The van der Waals surface area contributed by atoms with E-state index in [0.29, 0.717) is 12.3 Å². The number of hydrogen-bond acceptors (Lipinski definition) is 2. The van der Waals surface area contributed by atoms with Crippen LogP contribution >= 0.6 is 0 Å². The van der Waals surface area contributed by atoms with Gasteiger partial charge in [0.05, 0.1) is 0 Å². The van der Waals surface area contributed by atoms with Gasteiger partial charge in [0.15, 0.2) is 0 Å². The molecular weight excluding hydrogens is 172 g/mol. The molecule has 0 saturated heterocycles. The van der Waals surface area contributed by atoms with E-state index in [0.717, 1.165) is 0 Å². The summed E-state index contributed by atoms with van der Waals surface area (Å²) < 4.78 is 0. The number of aliphatic carboxylic acids is 1. The smallest absolute Gasteiger partial charge is 0.441 e. The fraction of sp³-hybridized carbons (Fsp3) is 0.625. The minimum Gasteiger partial charge on any atom is -0.472 e. The average Bonchev–Trinajstić information content (AvgIpc) is 2.01. The first-order chi connectivity index (χ1) is 5.99. The largest absolute Gasteiger partial charge is 0.472 e. The van der Waals surface area contributed by atoms with Crippen molar-refractivity contribution in [2.75, 3.05) is 0 Å². The van der Waals surface area contributed by atoms with Crippen molar-refractivity contribution < 1.29 is 19.5 Å². The van der Waals surface area contributed by atoms with E-state index >= 15 is 0 Å². The number of nitrogens with zero attached hydrogens (tertiary/aromatic N) is 2. The maximum atomic E-state index is 11.0. The molecule has 5 nitrogen and oxygen atoms in total. The number of Topliss-reactive ketones (excluding diaryl/α,β-unsaturated/α-hetero) is 1. The average molecular weight is 184 g/mol. The van der Waals surface area contributed by atoms with Gasteiger partial charge in [0.2, 0.25) is 0 Å². The van der Waals surface area contributed by atoms with Crippen LogP contribution in [-0.4, -0.2) is 27.4 Å². The molecule has 0 aromatic heterocycles. The SMILES string of the molecule is CC(C)CCC(=O)C(=[N+]=[N-])C(=O)O. The third-order valence-electron chi connectivity index (χ3n) is 1.52. The van der Waals surface area contributed by atoms with Crippen molar-refractivity contribution in [2.45, 2.75) is 26.7 Å². The molecule has 0 radical (unpaired) electrons. The van der Waals surface area contributed by atoms with Gasteiger partial charge in [0.25, 0.3) is 5.78 Å². The van der Waals surface area contributed by atoms with Crippen LogP contribution in [-0.2, 0) is 9.59 Å².